The van der Waals surface area contributed by atoms with Gasteiger partial charge in [-0.05, 0) is 109 Å². The summed E-state index contributed by atoms with van der Waals surface area (Å²) in [5.74, 6) is 0.880. The highest BCUT2D eigenvalue weighted by atomic mass is 16.3. The fraction of sp³-hybridized carbons (Fsp3) is 0. The molecule has 292 valence electrons. The lowest BCUT2D eigenvalue weighted by molar-refractivity contribution is 0.632. The summed E-state index contributed by atoms with van der Waals surface area (Å²) in [5, 5.41) is 3.64. The molecule has 0 atom stereocenters. The van der Waals surface area contributed by atoms with E-state index in [4.69, 9.17) is 4.42 Å². The van der Waals surface area contributed by atoms with Crippen LogP contribution in [0.4, 0.5) is 17.1 Å². The highest BCUT2D eigenvalue weighted by Crippen LogP contribution is 2.43. The van der Waals surface area contributed by atoms with Crippen LogP contribution in [0.5, 0.6) is 0 Å². The lowest BCUT2D eigenvalue weighted by atomic mass is 9.96. The van der Waals surface area contributed by atoms with Crippen LogP contribution in [0.1, 0.15) is 0 Å². The first-order valence-electron chi connectivity index (χ1n) is 21.2. The van der Waals surface area contributed by atoms with Gasteiger partial charge in [0.1, 0.15) is 11.3 Å². The molecule has 0 saturated carbocycles. The fourth-order valence-corrected chi connectivity index (χ4v) is 8.79. The minimum Gasteiger partial charge on any atom is -0.455 e. The summed E-state index contributed by atoms with van der Waals surface area (Å²) in [4.78, 5) is 2.34. The molecule has 10 aromatic carbocycles. The van der Waals surface area contributed by atoms with Gasteiger partial charge in [-0.15, -0.1) is 0 Å². The van der Waals surface area contributed by atoms with Crippen molar-refractivity contribution in [2.24, 2.45) is 0 Å². The molecular weight excluding hydrogens is 751 g/mol. The van der Waals surface area contributed by atoms with Gasteiger partial charge in [0.05, 0.1) is 0 Å². The van der Waals surface area contributed by atoms with Crippen molar-refractivity contribution in [2.45, 2.75) is 0 Å². The summed E-state index contributed by atoms with van der Waals surface area (Å²) in [5.41, 5.74) is 16.9. The van der Waals surface area contributed by atoms with Gasteiger partial charge in [0, 0.05) is 33.6 Å². The summed E-state index contributed by atoms with van der Waals surface area (Å²) in [6.07, 6.45) is 0. The van der Waals surface area contributed by atoms with Crippen LogP contribution in [0.3, 0.4) is 0 Å². The third-order valence-corrected chi connectivity index (χ3v) is 11.9. The monoisotopic (exact) mass is 791 g/mol. The third-order valence-electron chi connectivity index (χ3n) is 11.9. The predicted molar refractivity (Wildman–Crippen MR) is 261 cm³/mol. The second-order valence-corrected chi connectivity index (χ2v) is 15.7. The number of nitrogens with zero attached hydrogens (tertiary/aromatic N) is 1. The van der Waals surface area contributed by atoms with Crippen LogP contribution in [-0.4, -0.2) is 0 Å². The molecule has 0 saturated heterocycles. The first-order chi connectivity index (χ1) is 30.7. The molecule has 11 rings (SSSR count). The summed E-state index contributed by atoms with van der Waals surface area (Å²) >= 11 is 0. The van der Waals surface area contributed by atoms with Gasteiger partial charge >= 0.3 is 0 Å². The number of furan rings is 1. The SMILES string of the molecule is c1ccc(-c2ccc(N(c3ccc(-c4ccc(-c5cccc6ccccc56)cc4)cc3)c3ccc(-c4cccc(-c5oc6ccccc6c5-c5ccccc5)c4)cc3)cc2)cc1. The number of benzene rings is 10. The Kier molecular flexibility index (Phi) is 9.57. The Labute approximate surface area is 362 Å². The van der Waals surface area contributed by atoms with Crippen molar-refractivity contribution >= 4 is 38.8 Å². The molecular formula is C60H41NO. The summed E-state index contributed by atoms with van der Waals surface area (Å²) in [6.45, 7) is 0. The number of hydrogen-bond donors (Lipinski definition) is 0. The van der Waals surface area contributed by atoms with E-state index >= 15 is 0 Å². The largest absolute Gasteiger partial charge is 0.455 e. The minimum absolute atomic E-state index is 0.880. The van der Waals surface area contributed by atoms with Crippen molar-refractivity contribution in [3.05, 3.63) is 249 Å². The Hall–Kier alpha value is -8.20. The van der Waals surface area contributed by atoms with Crippen molar-refractivity contribution < 1.29 is 4.42 Å². The van der Waals surface area contributed by atoms with Gasteiger partial charge in [-0.2, -0.15) is 0 Å². The average Bonchev–Trinajstić information content (AvgIpc) is 3.75. The molecule has 0 fully saturated rings. The van der Waals surface area contributed by atoms with Gasteiger partial charge in [-0.3, -0.25) is 0 Å². The smallest absolute Gasteiger partial charge is 0.143 e. The lowest BCUT2D eigenvalue weighted by Gasteiger charge is -2.26. The second-order valence-electron chi connectivity index (χ2n) is 15.7. The highest BCUT2D eigenvalue weighted by Gasteiger charge is 2.19. The van der Waals surface area contributed by atoms with E-state index in [0.29, 0.717) is 0 Å². The van der Waals surface area contributed by atoms with Gasteiger partial charge in [0.15, 0.2) is 0 Å². The zero-order chi connectivity index (χ0) is 41.2. The maximum atomic E-state index is 6.58. The molecule has 62 heavy (non-hydrogen) atoms. The second kappa shape index (κ2) is 16.1. The topological polar surface area (TPSA) is 16.4 Å². The number of fused-ring (bicyclic) bond motifs is 2. The van der Waals surface area contributed by atoms with E-state index in [1.807, 2.05) is 12.1 Å². The van der Waals surface area contributed by atoms with E-state index in [0.717, 1.165) is 61.6 Å². The standard InChI is InChI=1S/C60H41NO/c1-3-13-42(14-4-1)44-29-35-52(36-30-44)61(53-37-31-45(32-38-53)43-25-27-48(28-26-43)56-23-12-18-47-15-7-8-21-55(47)56)54-39-33-46(34-40-54)50-19-11-20-51(41-50)60-59(49-16-5-2-6-17-49)57-22-9-10-24-58(57)62-60/h1-41H. The number of para-hydroxylation sites is 1. The predicted octanol–water partition coefficient (Wildman–Crippen LogP) is 17.1. The zero-order valence-electron chi connectivity index (χ0n) is 34.0. The maximum Gasteiger partial charge on any atom is 0.143 e. The molecule has 2 nitrogen and oxygen atoms in total. The third kappa shape index (κ3) is 7.04. The van der Waals surface area contributed by atoms with Crippen LogP contribution in [0.2, 0.25) is 0 Å². The maximum absolute atomic E-state index is 6.58. The van der Waals surface area contributed by atoms with Gasteiger partial charge in [-0.1, -0.05) is 200 Å². The first-order valence-corrected chi connectivity index (χ1v) is 21.2. The molecule has 0 bridgehead atoms. The van der Waals surface area contributed by atoms with Crippen molar-refractivity contribution in [1.82, 2.24) is 0 Å². The Balaban J connectivity index is 0.925. The number of anilines is 3. The van der Waals surface area contributed by atoms with Crippen molar-refractivity contribution in [2.75, 3.05) is 4.90 Å². The minimum atomic E-state index is 0.880. The van der Waals surface area contributed by atoms with Gasteiger partial charge in [0.25, 0.3) is 0 Å². The Morgan fingerprint density at radius 2 is 0.694 bits per heavy atom. The molecule has 0 radical (unpaired) electrons. The normalized spacial score (nSPS) is 11.2. The molecule has 0 unspecified atom stereocenters. The van der Waals surface area contributed by atoms with E-state index < -0.39 is 0 Å². The first kappa shape index (κ1) is 36.8. The van der Waals surface area contributed by atoms with E-state index in [1.165, 1.54) is 44.2 Å². The zero-order valence-corrected chi connectivity index (χ0v) is 34.0. The molecule has 0 amide bonds. The van der Waals surface area contributed by atoms with E-state index in [-0.39, 0.29) is 0 Å². The van der Waals surface area contributed by atoms with Gasteiger partial charge < -0.3 is 9.32 Å². The van der Waals surface area contributed by atoms with Crippen LogP contribution in [0, 0.1) is 0 Å². The van der Waals surface area contributed by atoms with E-state index in [9.17, 15) is 0 Å². The number of rotatable bonds is 9. The van der Waals surface area contributed by atoms with Gasteiger partial charge in [0.2, 0.25) is 0 Å². The molecule has 2 heteroatoms. The Morgan fingerprint density at radius 3 is 1.32 bits per heavy atom. The van der Waals surface area contributed by atoms with Crippen molar-refractivity contribution in [3.8, 4) is 67.0 Å². The van der Waals surface area contributed by atoms with Crippen LogP contribution in [0.15, 0.2) is 253 Å². The quantitative estimate of drug-likeness (QED) is 0.145. The number of hydrogen-bond acceptors (Lipinski definition) is 2. The lowest BCUT2D eigenvalue weighted by Crippen LogP contribution is -2.09. The van der Waals surface area contributed by atoms with Crippen molar-refractivity contribution in [3.63, 3.8) is 0 Å². The fourth-order valence-electron chi connectivity index (χ4n) is 8.79. The highest BCUT2D eigenvalue weighted by molar-refractivity contribution is 6.02. The average molecular weight is 792 g/mol. The molecule has 1 aromatic heterocycles. The van der Waals surface area contributed by atoms with Crippen LogP contribution >= 0.6 is 0 Å². The molecule has 0 aliphatic carbocycles. The molecule has 0 spiro atoms. The van der Waals surface area contributed by atoms with Crippen LogP contribution < -0.4 is 4.90 Å². The molecule has 0 N–H and O–H groups in total. The molecule has 0 aliphatic heterocycles. The Morgan fingerprint density at radius 1 is 0.274 bits per heavy atom. The summed E-state index contributed by atoms with van der Waals surface area (Å²) < 4.78 is 6.58. The summed E-state index contributed by atoms with van der Waals surface area (Å²) in [7, 11) is 0. The van der Waals surface area contributed by atoms with Crippen molar-refractivity contribution in [1.29, 1.82) is 0 Å². The Bertz CT molecular complexity index is 3290. The molecule has 11 aromatic rings. The molecule has 1 heterocycles. The summed E-state index contributed by atoms with van der Waals surface area (Å²) in [6, 6.07) is 88.8. The van der Waals surface area contributed by atoms with Crippen LogP contribution in [-0.2, 0) is 0 Å². The van der Waals surface area contributed by atoms with Crippen LogP contribution in [0.25, 0.3) is 88.7 Å². The van der Waals surface area contributed by atoms with E-state index in [1.54, 1.807) is 0 Å². The van der Waals surface area contributed by atoms with E-state index in [2.05, 4.69) is 241 Å². The molecule has 0 aliphatic rings. The van der Waals surface area contributed by atoms with Gasteiger partial charge in [-0.25, -0.2) is 0 Å².